The Hall–Kier alpha value is -2.58. The van der Waals surface area contributed by atoms with Crippen LogP contribution >= 0.6 is 11.3 Å². The van der Waals surface area contributed by atoms with E-state index in [1.54, 1.807) is 17.4 Å². The number of aryl methyl sites for hydroxylation is 1. The van der Waals surface area contributed by atoms with Crippen molar-refractivity contribution in [1.29, 1.82) is 0 Å². The fourth-order valence-corrected chi connectivity index (χ4v) is 4.49. The van der Waals surface area contributed by atoms with Gasteiger partial charge in [0.1, 0.15) is 5.82 Å². The van der Waals surface area contributed by atoms with Crippen LogP contribution < -0.4 is 10.9 Å². The molecule has 1 aromatic carbocycles. The molecular weight excluding hydrogens is 374 g/mol. The maximum Gasteiger partial charge on any atom is 0.258 e. The number of nitrogens with zero attached hydrogens (tertiary/aromatic N) is 3. The summed E-state index contributed by atoms with van der Waals surface area (Å²) in [7, 11) is 0. The molecule has 3 heterocycles. The Bertz CT molecular complexity index is 1060. The zero-order valence-corrected chi connectivity index (χ0v) is 16.6. The van der Waals surface area contributed by atoms with E-state index in [0.717, 1.165) is 31.7 Å². The second-order valence-corrected chi connectivity index (χ2v) is 8.02. The Labute approximate surface area is 166 Å². The molecule has 0 saturated carbocycles. The van der Waals surface area contributed by atoms with Crippen molar-refractivity contribution < 1.29 is 4.79 Å². The number of aromatic amines is 1. The van der Waals surface area contributed by atoms with Gasteiger partial charge in [0, 0.05) is 37.2 Å². The van der Waals surface area contributed by atoms with Crippen LogP contribution in [0.4, 0.5) is 5.13 Å². The number of amides is 1. The van der Waals surface area contributed by atoms with Crippen molar-refractivity contribution in [2.45, 2.75) is 39.2 Å². The van der Waals surface area contributed by atoms with E-state index < -0.39 is 0 Å². The molecular formula is C20H23N5O2S. The molecule has 0 radical (unpaired) electrons. The van der Waals surface area contributed by atoms with Crippen molar-refractivity contribution in [2.24, 2.45) is 0 Å². The minimum absolute atomic E-state index is 0.0541. The van der Waals surface area contributed by atoms with E-state index in [-0.39, 0.29) is 11.5 Å². The highest BCUT2D eigenvalue weighted by Crippen LogP contribution is 2.28. The van der Waals surface area contributed by atoms with Gasteiger partial charge in [0.05, 0.1) is 16.6 Å². The third-order valence-electron chi connectivity index (χ3n) is 4.98. The van der Waals surface area contributed by atoms with Crippen molar-refractivity contribution in [2.75, 3.05) is 18.4 Å². The number of H-pyrrole nitrogens is 1. The maximum atomic E-state index is 12.3. The van der Waals surface area contributed by atoms with E-state index in [9.17, 15) is 9.59 Å². The van der Waals surface area contributed by atoms with Crippen LogP contribution in [0.3, 0.4) is 0 Å². The Morgan fingerprint density at radius 2 is 2.18 bits per heavy atom. The lowest BCUT2D eigenvalue weighted by Gasteiger charge is -2.23. The normalized spacial score (nSPS) is 14.2. The van der Waals surface area contributed by atoms with Gasteiger partial charge in [0.15, 0.2) is 5.13 Å². The molecule has 0 saturated heterocycles. The molecule has 28 heavy (non-hydrogen) atoms. The highest BCUT2D eigenvalue weighted by atomic mass is 32.1. The predicted molar refractivity (Wildman–Crippen MR) is 111 cm³/mol. The van der Waals surface area contributed by atoms with Crippen LogP contribution in [-0.4, -0.2) is 38.8 Å². The van der Waals surface area contributed by atoms with Gasteiger partial charge in [0.25, 0.3) is 5.56 Å². The minimum atomic E-state index is -0.139. The number of carbonyl (C=O) groups excluding carboxylic acids is 1. The fraction of sp³-hybridized carbons (Fsp3) is 0.400. The quantitative estimate of drug-likeness (QED) is 0.667. The highest BCUT2D eigenvalue weighted by molar-refractivity contribution is 7.15. The molecule has 8 heteroatoms. The van der Waals surface area contributed by atoms with E-state index >= 15 is 0 Å². The number of nitrogens with one attached hydrogen (secondary N) is 2. The molecule has 4 rings (SSSR count). The summed E-state index contributed by atoms with van der Waals surface area (Å²) in [6.45, 7) is 5.13. The van der Waals surface area contributed by atoms with Crippen LogP contribution in [0.25, 0.3) is 10.9 Å². The SMILES string of the molecule is CCN1CCc2nc(NC(=O)CCCc3nc4ccccc4c(=O)[nH]3)sc2C1. The smallest absolute Gasteiger partial charge is 0.258 e. The first kappa shape index (κ1) is 18.8. The first-order valence-corrected chi connectivity index (χ1v) is 10.4. The number of rotatable bonds is 6. The number of para-hydroxylation sites is 1. The van der Waals surface area contributed by atoms with Crippen molar-refractivity contribution in [1.82, 2.24) is 19.9 Å². The number of benzene rings is 1. The van der Waals surface area contributed by atoms with E-state index in [1.165, 1.54) is 4.88 Å². The van der Waals surface area contributed by atoms with Crippen LogP contribution in [0, 0.1) is 0 Å². The van der Waals surface area contributed by atoms with Crippen molar-refractivity contribution in [3.05, 3.63) is 51.0 Å². The molecule has 0 fully saturated rings. The molecule has 146 valence electrons. The second kappa shape index (κ2) is 8.20. The summed E-state index contributed by atoms with van der Waals surface area (Å²) in [6.07, 6.45) is 2.47. The van der Waals surface area contributed by atoms with Gasteiger partial charge < -0.3 is 10.3 Å². The van der Waals surface area contributed by atoms with E-state index in [2.05, 4.69) is 32.1 Å². The van der Waals surface area contributed by atoms with E-state index in [4.69, 9.17) is 0 Å². The molecule has 0 spiro atoms. The molecule has 1 amide bonds. The van der Waals surface area contributed by atoms with Crippen LogP contribution in [0.15, 0.2) is 29.1 Å². The highest BCUT2D eigenvalue weighted by Gasteiger charge is 2.20. The van der Waals surface area contributed by atoms with Crippen LogP contribution in [0.1, 0.15) is 36.2 Å². The van der Waals surface area contributed by atoms with Gasteiger partial charge in [-0.05, 0) is 25.1 Å². The van der Waals surface area contributed by atoms with Gasteiger partial charge in [-0.3, -0.25) is 14.5 Å². The zero-order chi connectivity index (χ0) is 19.5. The maximum absolute atomic E-state index is 12.3. The lowest BCUT2D eigenvalue weighted by molar-refractivity contribution is -0.116. The standard InChI is InChI=1S/C20H23N5O2S/c1-2-25-11-10-15-16(12-25)28-20(22-15)24-18(26)9-5-8-17-21-14-7-4-3-6-13(14)19(27)23-17/h3-4,6-7H,2,5,8-12H2,1H3,(H,21,23,27)(H,22,24,26). The Morgan fingerprint density at radius 1 is 1.32 bits per heavy atom. The van der Waals surface area contributed by atoms with Crippen molar-refractivity contribution in [3.63, 3.8) is 0 Å². The molecule has 0 atom stereocenters. The van der Waals surface area contributed by atoms with Gasteiger partial charge in [-0.15, -0.1) is 11.3 Å². The summed E-state index contributed by atoms with van der Waals surface area (Å²) < 4.78 is 0. The molecule has 1 aliphatic rings. The van der Waals surface area contributed by atoms with Gasteiger partial charge in [-0.1, -0.05) is 19.1 Å². The number of hydrogen-bond donors (Lipinski definition) is 2. The molecule has 1 aliphatic heterocycles. The lowest BCUT2D eigenvalue weighted by atomic mass is 10.2. The molecule has 2 aromatic heterocycles. The first-order valence-electron chi connectivity index (χ1n) is 9.61. The summed E-state index contributed by atoms with van der Waals surface area (Å²) in [4.78, 5) is 39.8. The summed E-state index contributed by atoms with van der Waals surface area (Å²) in [5.41, 5.74) is 1.66. The molecule has 0 bridgehead atoms. The lowest BCUT2D eigenvalue weighted by Crippen LogP contribution is -2.29. The predicted octanol–water partition coefficient (Wildman–Crippen LogP) is 2.72. The van der Waals surface area contributed by atoms with Gasteiger partial charge in [-0.2, -0.15) is 0 Å². The number of thiazole rings is 1. The summed E-state index contributed by atoms with van der Waals surface area (Å²) >= 11 is 1.57. The third kappa shape index (κ3) is 4.13. The van der Waals surface area contributed by atoms with Crippen molar-refractivity contribution >= 4 is 33.3 Å². The Balaban J connectivity index is 1.32. The van der Waals surface area contributed by atoms with Crippen LogP contribution in [0.2, 0.25) is 0 Å². The van der Waals surface area contributed by atoms with Crippen LogP contribution in [0.5, 0.6) is 0 Å². The molecule has 0 unspecified atom stereocenters. The van der Waals surface area contributed by atoms with Gasteiger partial charge >= 0.3 is 0 Å². The number of fused-ring (bicyclic) bond motifs is 2. The zero-order valence-electron chi connectivity index (χ0n) is 15.8. The minimum Gasteiger partial charge on any atom is -0.310 e. The summed E-state index contributed by atoms with van der Waals surface area (Å²) in [5, 5.41) is 4.18. The van der Waals surface area contributed by atoms with Gasteiger partial charge in [-0.25, -0.2) is 9.97 Å². The topological polar surface area (TPSA) is 91.0 Å². The molecule has 2 N–H and O–H groups in total. The number of carbonyl (C=O) groups is 1. The van der Waals surface area contributed by atoms with E-state index in [0.29, 0.717) is 41.1 Å². The monoisotopic (exact) mass is 397 g/mol. The second-order valence-electron chi connectivity index (χ2n) is 6.94. The number of likely N-dealkylation sites (N-methyl/N-ethyl adjacent to an activating group) is 1. The summed E-state index contributed by atoms with van der Waals surface area (Å²) in [5.74, 6) is 0.558. The van der Waals surface area contributed by atoms with Crippen molar-refractivity contribution in [3.8, 4) is 0 Å². The fourth-order valence-electron chi connectivity index (χ4n) is 3.42. The number of anilines is 1. The third-order valence-corrected chi connectivity index (χ3v) is 5.98. The first-order chi connectivity index (χ1) is 13.6. The largest absolute Gasteiger partial charge is 0.310 e. The molecule has 3 aromatic rings. The average Bonchev–Trinajstić information content (AvgIpc) is 3.09. The van der Waals surface area contributed by atoms with Crippen LogP contribution in [-0.2, 0) is 24.2 Å². The molecule has 7 nitrogen and oxygen atoms in total. The molecule has 0 aliphatic carbocycles. The Kier molecular flexibility index (Phi) is 5.50. The summed E-state index contributed by atoms with van der Waals surface area (Å²) in [6, 6.07) is 7.26. The Morgan fingerprint density at radius 3 is 3.04 bits per heavy atom. The number of hydrogen-bond acceptors (Lipinski definition) is 6. The van der Waals surface area contributed by atoms with Gasteiger partial charge in [0.2, 0.25) is 5.91 Å². The average molecular weight is 398 g/mol. The number of aromatic nitrogens is 3. The van der Waals surface area contributed by atoms with E-state index in [1.807, 2.05) is 18.2 Å².